The van der Waals surface area contributed by atoms with Gasteiger partial charge in [-0.15, -0.1) is 0 Å². The van der Waals surface area contributed by atoms with Crippen LogP contribution in [0.2, 0.25) is 0 Å². The third-order valence-electron chi connectivity index (χ3n) is 4.73. The summed E-state index contributed by atoms with van der Waals surface area (Å²) in [6, 6.07) is 1.74. The average Bonchev–Trinajstić information content (AvgIpc) is 2.98. The number of carbonyl (C=O) groups excluding carboxylic acids is 2. The Morgan fingerprint density at radius 2 is 1.74 bits per heavy atom. The van der Waals surface area contributed by atoms with E-state index in [1.807, 2.05) is 31.5 Å². The molecule has 0 saturated heterocycles. The molecule has 7 heteroatoms. The number of nitrogens with one attached hydrogen (secondary N) is 3. The van der Waals surface area contributed by atoms with Crippen LogP contribution < -0.4 is 16.0 Å². The monoisotopic (exact) mass is 377 g/mol. The van der Waals surface area contributed by atoms with Gasteiger partial charge in [0.1, 0.15) is 5.82 Å². The van der Waals surface area contributed by atoms with Gasteiger partial charge in [0.25, 0.3) is 0 Å². The minimum absolute atomic E-state index is 0.0296. The number of carbonyl (C=O) groups is 2. The van der Waals surface area contributed by atoms with E-state index >= 15 is 0 Å². The van der Waals surface area contributed by atoms with E-state index in [1.165, 1.54) is 6.42 Å². The molecular weight excluding hydrogens is 342 g/mol. The van der Waals surface area contributed by atoms with E-state index in [0.717, 1.165) is 31.4 Å². The Morgan fingerprint density at radius 3 is 2.30 bits per heavy atom. The smallest absolute Gasteiger partial charge is 0.320 e. The van der Waals surface area contributed by atoms with Crippen molar-refractivity contribution in [2.45, 2.75) is 90.6 Å². The standard InChI is InChI=1S/C20H35N5O2/c1-19(2,3)15-12-16(25(24-15)20(4,5)6)23-18(27)21-13-17(26)22-14-10-8-7-9-11-14/h12,14H,7-11,13H2,1-6H3,(H,22,26)(H2,21,23,27). The second-order valence-corrected chi connectivity index (χ2v) is 9.46. The first-order chi connectivity index (χ1) is 12.5. The van der Waals surface area contributed by atoms with Gasteiger partial charge in [0.2, 0.25) is 5.91 Å². The highest BCUT2D eigenvalue weighted by atomic mass is 16.2. The summed E-state index contributed by atoms with van der Waals surface area (Å²) in [6.45, 7) is 12.3. The molecule has 1 aromatic heterocycles. The molecule has 7 nitrogen and oxygen atoms in total. The van der Waals surface area contributed by atoms with Crippen molar-refractivity contribution in [3.63, 3.8) is 0 Å². The van der Waals surface area contributed by atoms with Crippen molar-refractivity contribution >= 4 is 17.8 Å². The summed E-state index contributed by atoms with van der Waals surface area (Å²) in [6.07, 6.45) is 5.61. The minimum atomic E-state index is -0.403. The Kier molecular flexibility index (Phi) is 6.54. The van der Waals surface area contributed by atoms with E-state index < -0.39 is 6.03 Å². The molecule has 0 radical (unpaired) electrons. The maximum Gasteiger partial charge on any atom is 0.320 e. The molecule has 1 aliphatic rings. The van der Waals surface area contributed by atoms with Crippen molar-refractivity contribution in [2.75, 3.05) is 11.9 Å². The molecule has 0 aromatic carbocycles. The fourth-order valence-corrected chi connectivity index (χ4v) is 3.19. The summed E-state index contributed by atoms with van der Waals surface area (Å²) >= 11 is 0. The van der Waals surface area contributed by atoms with Gasteiger partial charge in [0.15, 0.2) is 0 Å². The molecule has 1 heterocycles. The highest BCUT2D eigenvalue weighted by molar-refractivity contribution is 5.91. The van der Waals surface area contributed by atoms with Crippen molar-refractivity contribution in [3.05, 3.63) is 11.8 Å². The summed E-state index contributed by atoms with van der Waals surface area (Å²) < 4.78 is 1.81. The molecule has 0 unspecified atom stereocenters. The Labute approximate surface area is 162 Å². The highest BCUT2D eigenvalue weighted by Crippen LogP contribution is 2.28. The number of hydrogen-bond acceptors (Lipinski definition) is 3. The molecular formula is C20H35N5O2. The van der Waals surface area contributed by atoms with Crippen molar-refractivity contribution in [1.82, 2.24) is 20.4 Å². The van der Waals surface area contributed by atoms with E-state index in [9.17, 15) is 9.59 Å². The molecule has 0 atom stereocenters. The second kappa shape index (κ2) is 8.31. The van der Waals surface area contributed by atoms with E-state index in [4.69, 9.17) is 0 Å². The Balaban J connectivity index is 1.94. The van der Waals surface area contributed by atoms with Gasteiger partial charge in [-0.1, -0.05) is 40.0 Å². The first-order valence-corrected chi connectivity index (χ1v) is 9.92. The van der Waals surface area contributed by atoms with Crippen LogP contribution >= 0.6 is 0 Å². The fraction of sp³-hybridized carbons (Fsp3) is 0.750. The predicted molar refractivity (Wildman–Crippen MR) is 108 cm³/mol. The summed E-state index contributed by atoms with van der Waals surface area (Å²) in [5.41, 5.74) is 0.510. The molecule has 0 spiro atoms. The number of aromatic nitrogens is 2. The van der Waals surface area contributed by atoms with Crippen LogP contribution in [-0.2, 0) is 15.7 Å². The summed E-state index contributed by atoms with van der Waals surface area (Å²) in [5.74, 6) is 0.481. The molecule has 1 saturated carbocycles. The van der Waals surface area contributed by atoms with E-state index in [-0.39, 0.29) is 29.4 Å². The maximum atomic E-state index is 12.3. The van der Waals surface area contributed by atoms with Crippen LogP contribution in [0.5, 0.6) is 0 Å². The fourth-order valence-electron chi connectivity index (χ4n) is 3.19. The van der Waals surface area contributed by atoms with Gasteiger partial charge in [-0.05, 0) is 33.6 Å². The first-order valence-electron chi connectivity index (χ1n) is 9.92. The van der Waals surface area contributed by atoms with Crippen molar-refractivity contribution in [2.24, 2.45) is 0 Å². The van der Waals surface area contributed by atoms with Crippen LogP contribution in [0.1, 0.15) is 79.3 Å². The Bertz CT molecular complexity index is 661. The van der Waals surface area contributed by atoms with E-state index in [1.54, 1.807) is 0 Å². The van der Waals surface area contributed by atoms with Gasteiger partial charge < -0.3 is 10.6 Å². The largest absolute Gasteiger partial charge is 0.352 e. The highest BCUT2D eigenvalue weighted by Gasteiger charge is 2.26. The summed E-state index contributed by atoms with van der Waals surface area (Å²) in [5, 5.41) is 13.2. The zero-order chi connectivity index (χ0) is 20.2. The van der Waals surface area contributed by atoms with Crippen LogP contribution in [0.15, 0.2) is 6.07 Å². The lowest BCUT2D eigenvalue weighted by Gasteiger charge is -2.23. The second-order valence-electron chi connectivity index (χ2n) is 9.46. The molecule has 3 N–H and O–H groups in total. The zero-order valence-corrected chi connectivity index (χ0v) is 17.6. The van der Waals surface area contributed by atoms with Crippen LogP contribution in [0, 0.1) is 0 Å². The molecule has 1 fully saturated rings. The van der Waals surface area contributed by atoms with Gasteiger partial charge >= 0.3 is 6.03 Å². The topological polar surface area (TPSA) is 88.0 Å². The minimum Gasteiger partial charge on any atom is -0.352 e. The molecule has 0 bridgehead atoms. The maximum absolute atomic E-state index is 12.3. The molecule has 3 amide bonds. The molecule has 0 aliphatic heterocycles. The number of anilines is 1. The van der Waals surface area contributed by atoms with Crippen LogP contribution in [0.4, 0.5) is 10.6 Å². The van der Waals surface area contributed by atoms with Crippen molar-refractivity contribution in [1.29, 1.82) is 0 Å². The normalized spacial score (nSPS) is 16.1. The summed E-state index contributed by atoms with van der Waals surface area (Å²) in [4.78, 5) is 24.4. The van der Waals surface area contributed by atoms with Crippen LogP contribution in [-0.4, -0.2) is 34.3 Å². The number of hydrogen-bond donors (Lipinski definition) is 3. The molecule has 152 valence electrons. The number of amides is 3. The number of nitrogens with zero attached hydrogens (tertiary/aromatic N) is 2. The number of urea groups is 1. The van der Waals surface area contributed by atoms with Crippen LogP contribution in [0.25, 0.3) is 0 Å². The lowest BCUT2D eigenvalue weighted by molar-refractivity contribution is -0.121. The zero-order valence-electron chi connectivity index (χ0n) is 17.6. The first kappa shape index (κ1) is 21.3. The quantitative estimate of drug-likeness (QED) is 0.750. The van der Waals surface area contributed by atoms with Gasteiger partial charge in [0.05, 0.1) is 17.8 Å². The van der Waals surface area contributed by atoms with Gasteiger partial charge in [-0.2, -0.15) is 5.10 Å². The Morgan fingerprint density at radius 1 is 1.11 bits per heavy atom. The lowest BCUT2D eigenvalue weighted by Crippen LogP contribution is -2.43. The van der Waals surface area contributed by atoms with E-state index in [0.29, 0.717) is 5.82 Å². The van der Waals surface area contributed by atoms with Gasteiger partial charge in [-0.25, -0.2) is 9.48 Å². The Hall–Kier alpha value is -2.05. The average molecular weight is 378 g/mol. The predicted octanol–water partition coefficient (Wildman–Crippen LogP) is 3.51. The van der Waals surface area contributed by atoms with E-state index in [2.05, 4.69) is 41.8 Å². The SMILES string of the molecule is CC(C)(C)c1cc(NC(=O)NCC(=O)NC2CCCCC2)n(C(C)(C)C)n1. The summed E-state index contributed by atoms with van der Waals surface area (Å²) in [7, 11) is 0. The molecule has 1 aromatic rings. The molecule has 2 rings (SSSR count). The van der Waals surface area contributed by atoms with Gasteiger partial charge in [-0.3, -0.25) is 10.1 Å². The number of rotatable bonds is 4. The molecule has 1 aliphatic carbocycles. The third kappa shape index (κ3) is 6.26. The van der Waals surface area contributed by atoms with Gasteiger partial charge in [0, 0.05) is 17.5 Å². The third-order valence-corrected chi connectivity index (χ3v) is 4.73. The molecule has 27 heavy (non-hydrogen) atoms. The van der Waals surface area contributed by atoms with Crippen LogP contribution in [0.3, 0.4) is 0 Å². The van der Waals surface area contributed by atoms with Crippen molar-refractivity contribution in [3.8, 4) is 0 Å². The van der Waals surface area contributed by atoms with Crippen molar-refractivity contribution < 1.29 is 9.59 Å². The lowest BCUT2D eigenvalue weighted by atomic mass is 9.92.